The van der Waals surface area contributed by atoms with Gasteiger partial charge in [-0.1, -0.05) is 0 Å². The second-order valence-corrected chi connectivity index (χ2v) is 3.72. The lowest BCUT2D eigenvalue weighted by Crippen LogP contribution is -2.38. The molecule has 2 saturated heterocycles. The van der Waals surface area contributed by atoms with Crippen LogP contribution >= 0.6 is 0 Å². The Balaban J connectivity index is 2.04. The van der Waals surface area contributed by atoms with Gasteiger partial charge in [-0.05, 0) is 19.4 Å². The Bertz CT molecular complexity index is 151. The maximum atomic E-state index is 8.98. The summed E-state index contributed by atoms with van der Waals surface area (Å²) in [6.07, 6.45) is 2.52. The highest BCUT2D eigenvalue weighted by atomic mass is 16.3. The topological polar surface area (TPSA) is 49.5 Å². The van der Waals surface area contributed by atoms with E-state index in [4.69, 9.17) is 10.8 Å². The van der Waals surface area contributed by atoms with E-state index < -0.39 is 0 Å². The van der Waals surface area contributed by atoms with Crippen LogP contribution in [0, 0.1) is 5.92 Å². The first-order valence-corrected chi connectivity index (χ1v) is 4.43. The third-order valence-corrected chi connectivity index (χ3v) is 3.11. The predicted molar refractivity (Wildman–Crippen MR) is 43.1 cm³/mol. The summed E-state index contributed by atoms with van der Waals surface area (Å²) in [6.45, 7) is 2.46. The van der Waals surface area contributed by atoms with E-state index in [9.17, 15) is 0 Å². The molecule has 0 amide bonds. The maximum Gasteiger partial charge on any atom is 0.0486 e. The van der Waals surface area contributed by atoms with Gasteiger partial charge in [0.25, 0.3) is 0 Å². The van der Waals surface area contributed by atoms with E-state index in [0.717, 1.165) is 6.54 Å². The highest BCUT2D eigenvalue weighted by Gasteiger charge is 2.41. The first-order chi connectivity index (χ1) is 5.33. The van der Waals surface area contributed by atoms with Crippen LogP contribution in [0.15, 0.2) is 0 Å². The van der Waals surface area contributed by atoms with Gasteiger partial charge in [-0.2, -0.15) is 0 Å². The Morgan fingerprint density at radius 1 is 1.55 bits per heavy atom. The zero-order valence-corrected chi connectivity index (χ0v) is 6.74. The summed E-state index contributed by atoms with van der Waals surface area (Å²) in [5, 5.41) is 8.98. The van der Waals surface area contributed by atoms with Crippen molar-refractivity contribution in [1.29, 1.82) is 0 Å². The molecule has 64 valence electrons. The van der Waals surface area contributed by atoms with Crippen LogP contribution in [0.5, 0.6) is 0 Å². The third kappa shape index (κ3) is 1.08. The van der Waals surface area contributed by atoms with Crippen molar-refractivity contribution in [3.8, 4) is 0 Å². The van der Waals surface area contributed by atoms with Crippen molar-refractivity contribution in [2.45, 2.75) is 24.9 Å². The second-order valence-electron chi connectivity index (χ2n) is 3.72. The van der Waals surface area contributed by atoms with Crippen LogP contribution in [0.4, 0.5) is 0 Å². The number of nitrogens with two attached hydrogens (primary N) is 1. The summed E-state index contributed by atoms with van der Waals surface area (Å²) in [5.74, 6) is 0.334. The lowest BCUT2D eigenvalue weighted by molar-refractivity contribution is 0.216. The molecule has 0 aromatic heterocycles. The Labute approximate surface area is 67.2 Å². The summed E-state index contributed by atoms with van der Waals surface area (Å²) in [6, 6.07) is 0.801. The van der Waals surface area contributed by atoms with Gasteiger partial charge in [0.15, 0.2) is 0 Å². The van der Waals surface area contributed by atoms with Crippen molar-refractivity contribution < 1.29 is 5.11 Å². The average molecular weight is 156 g/mol. The molecule has 0 radical (unpaired) electrons. The zero-order chi connectivity index (χ0) is 7.84. The summed E-state index contributed by atoms with van der Waals surface area (Å²) >= 11 is 0. The van der Waals surface area contributed by atoms with Crippen LogP contribution in [0.1, 0.15) is 12.8 Å². The molecule has 3 nitrogen and oxygen atoms in total. The number of aliphatic hydroxyl groups excluding tert-OH is 1. The van der Waals surface area contributed by atoms with E-state index in [-0.39, 0.29) is 12.6 Å². The van der Waals surface area contributed by atoms with E-state index in [0.29, 0.717) is 12.0 Å². The van der Waals surface area contributed by atoms with Crippen LogP contribution in [0.3, 0.4) is 0 Å². The molecule has 2 heterocycles. The fraction of sp³-hybridized carbons (Fsp3) is 1.00. The zero-order valence-electron chi connectivity index (χ0n) is 6.74. The number of aliphatic hydroxyl groups is 1. The van der Waals surface area contributed by atoms with Crippen LogP contribution in [-0.2, 0) is 0 Å². The van der Waals surface area contributed by atoms with Crippen LogP contribution in [-0.4, -0.2) is 41.8 Å². The largest absolute Gasteiger partial charge is 0.396 e. The minimum absolute atomic E-state index is 0.225. The molecule has 0 aliphatic carbocycles. The van der Waals surface area contributed by atoms with Crippen molar-refractivity contribution in [3.05, 3.63) is 0 Å². The van der Waals surface area contributed by atoms with Crippen molar-refractivity contribution in [2.75, 3.05) is 19.7 Å². The van der Waals surface area contributed by atoms with Gasteiger partial charge in [-0.25, -0.2) is 0 Å². The maximum absolute atomic E-state index is 8.98. The SMILES string of the molecule is N[C@@H]1[C@H](CO)CN2CCC[C@@H]12. The van der Waals surface area contributed by atoms with Gasteiger partial charge in [0, 0.05) is 31.2 Å². The van der Waals surface area contributed by atoms with E-state index in [1.807, 2.05) is 0 Å². The van der Waals surface area contributed by atoms with E-state index in [2.05, 4.69) is 4.90 Å². The molecule has 0 saturated carbocycles. The molecule has 11 heavy (non-hydrogen) atoms. The lowest BCUT2D eigenvalue weighted by atomic mass is 9.99. The number of rotatable bonds is 1. The molecule has 0 bridgehead atoms. The first-order valence-electron chi connectivity index (χ1n) is 4.43. The summed E-state index contributed by atoms with van der Waals surface area (Å²) in [7, 11) is 0. The Hall–Kier alpha value is -0.120. The highest BCUT2D eigenvalue weighted by Crippen LogP contribution is 2.30. The van der Waals surface area contributed by atoms with Crippen molar-refractivity contribution in [1.82, 2.24) is 4.90 Å². The van der Waals surface area contributed by atoms with E-state index in [1.54, 1.807) is 0 Å². The third-order valence-electron chi connectivity index (χ3n) is 3.11. The van der Waals surface area contributed by atoms with E-state index in [1.165, 1.54) is 19.4 Å². The number of hydrogen-bond donors (Lipinski definition) is 2. The average Bonchev–Trinajstić information content (AvgIpc) is 2.53. The first kappa shape index (κ1) is 7.53. The fourth-order valence-corrected chi connectivity index (χ4v) is 2.43. The number of hydrogen-bond acceptors (Lipinski definition) is 3. The quantitative estimate of drug-likeness (QED) is 0.533. The molecular weight excluding hydrogens is 140 g/mol. The molecule has 2 fully saturated rings. The van der Waals surface area contributed by atoms with Crippen LogP contribution in [0.25, 0.3) is 0 Å². The van der Waals surface area contributed by atoms with Crippen molar-refractivity contribution in [2.24, 2.45) is 11.7 Å². The van der Waals surface area contributed by atoms with Crippen LogP contribution < -0.4 is 5.73 Å². The molecule has 0 unspecified atom stereocenters. The minimum Gasteiger partial charge on any atom is -0.396 e. The molecular formula is C8H16N2O. The van der Waals surface area contributed by atoms with Gasteiger partial charge < -0.3 is 10.8 Å². The molecule has 0 aromatic rings. The molecule has 0 aromatic carbocycles. The standard InChI is InChI=1S/C8H16N2O/c9-8-6(5-11)4-10-3-1-2-7(8)10/h6-8,11H,1-5,9H2/t6-,7-,8+/m0/s1. The van der Waals surface area contributed by atoms with Crippen molar-refractivity contribution >= 4 is 0 Å². The number of nitrogens with zero attached hydrogens (tertiary/aromatic N) is 1. The van der Waals surface area contributed by atoms with Gasteiger partial charge in [-0.15, -0.1) is 0 Å². The summed E-state index contributed by atoms with van der Waals surface area (Å²) in [5.41, 5.74) is 5.97. The Kier molecular flexibility index (Phi) is 1.87. The molecule has 2 aliphatic rings. The summed E-state index contributed by atoms with van der Waals surface area (Å²) < 4.78 is 0. The van der Waals surface area contributed by atoms with Gasteiger partial charge in [-0.3, -0.25) is 4.90 Å². The molecule has 3 heteroatoms. The highest BCUT2D eigenvalue weighted by molar-refractivity contribution is 4.98. The van der Waals surface area contributed by atoms with Gasteiger partial charge >= 0.3 is 0 Å². The van der Waals surface area contributed by atoms with Gasteiger partial charge in [0.2, 0.25) is 0 Å². The fourth-order valence-electron chi connectivity index (χ4n) is 2.43. The molecule has 3 atom stereocenters. The molecule has 0 spiro atoms. The molecule has 2 rings (SSSR count). The molecule has 2 aliphatic heterocycles. The Morgan fingerprint density at radius 3 is 3.00 bits per heavy atom. The Morgan fingerprint density at radius 2 is 2.36 bits per heavy atom. The predicted octanol–water partition coefficient (Wildman–Crippen LogP) is -0.600. The normalized spacial score (nSPS) is 44.7. The van der Waals surface area contributed by atoms with Crippen molar-refractivity contribution in [3.63, 3.8) is 0 Å². The van der Waals surface area contributed by atoms with Gasteiger partial charge in [0.1, 0.15) is 0 Å². The smallest absolute Gasteiger partial charge is 0.0486 e. The van der Waals surface area contributed by atoms with Crippen LogP contribution in [0.2, 0.25) is 0 Å². The number of fused-ring (bicyclic) bond motifs is 1. The minimum atomic E-state index is 0.225. The second kappa shape index (κ2) is 2.73. The monoisotopic (exact) mass is 156 g/mol. The lowest BCUT2D eigenvalue weighted by Gasteiger charge is -2.17. The van der Waals surface area contributed by atoms with Gasteiger partial charge in [0.05, 0.1) is 0 Å². The summed E-state index contributed by atoms with van der Waals surface area (Å²) in [4.78, 5) is 2.42. The van der Waals surface area contributed by atoms with E-state index >= 15 is 0 Å². The molecule has 3 N–H and O–H groups in total.